The zero-order valence-electron chi connectivity index (χ0n) is 19.5. The third-order valence-corrected chi connectivity index (χ3v) is 6.62. The van der Waals surface area contributed by atoms with Crippen molar-refractivity contribution in [1.29, 1.82) is 0 Å². The van der Waals surface area contributed by atoms with Crippen molar-refractivity contribution < 1.29 is 9.90 Å². The molecule has 33 heavy (non-hydrogen) atoms. The number of pyridine rings is 1. The third-order valence-electron chi connectivity index (χ3n) is 6.34. The molecule has 2 atom stereocenters. The summed E-state index contributed by atoms with van der Waals surface area (Å²) in [4.78, 5) is 26.9. The van der Waals surface area contributed by atoms with Gasteiger partial charge in [0.15, 0.2) is 5.82 Å². The van der Waals surface area contributed by atoms with Crippen LogP contribution in [-0.4, -0.2) is 50.0 Å². The molecule has 4 rings (SSSR count). The SMILES string of the molecule is CC(=O)N1CCC[C@H]([C@H](C)Nc2c(Cl)cnc3ccc(-c4cnc(C(C)(C)O)nc4)cc23)C1. The molecule has 3 aromatic rings. The maximum Gasteiger partial charge on any atom is 0.219 e. The molecule has 0 unspecified atom stereocenters. The fourth-order valence-electron chi connectivity index (χ4n) is 4.34. The Labute approximate surface area is 199 Å². The van der Waals surface area contributed by atoms with E-state index in [-0.39, 0.29) is 11.9 Å². The molecule has 2 aromatic heterocycles. The van der Waals surface area contributed by atoms with Gasteiger partial charge in [-0.1, -0.05) is 17.7 Å². The summed E-state index contributed by atoms with van der Waals surface area (Å²) in [7, 11) is 0. The highest BCUT2D eigenvalue weighted by molar-refractivity contribution is 6.34. The minimum Gasteiger partial charge on any atom is -0.382 e. The van der Waals surface area contributed by atoms with Crippen LogP contribution in [0.4, 0.5) is 5.69 Å². The molecule has 2 N–H and O–H groups in total. The van der Waals surface area contributed by atoms with E-state index in [0.29, 0.717) is 16.8 Å². The fourth-order valence-corrected chi connectivity index (χ4v) is 4.54. The van der Waals surface area contributed by atoms with E-state index < -0.39 is 5.60 Å². The zero-order chi connectivity index (χ0) is 23.8. The molecule has 7 nitrogen and oxygen atoms in total. The summed E-state index contributed by atoms with van der Waals surface area (Å²) in [6, 6.07) is 6.10. The summed E-state index contributed by atoms with van der Waals surface area (Å²) in [5.74, 6) is 0.842. The highest BCUT2D eigenvalue weighted by Gasteiger charge is 2.27. The molecule has 1 aliphatic rings. The third kappa shape index (κ3) is 5.09. The van der Waals surface area contributed by atoms with Crippen LogP contribution >= 0.6 is 11.6 Å². The number of anilines is 1. The normalized spacial score (nSPS) is 17.8. The molecule has 1 aliphatic heterocycles. The number of rotatable bonds is 5. The average molecular weight is 468 g/mol. The van der Waals surface area contributed by atoms with Crippen molar-refractivity contribution in [2.24, 2.45) is 5.92 Å². The van der Waals surface area contributed by atoms with Crippen LogP contribution in [0.3, 0.4) is 0 Å². The second kappa shape index (κ2) is 9.23. The number of hydrogen-bond donors (Lipinski definition) is 2. The minimum atomic E-state index is -1.09. The van der Waals surface area contributed by atoms with E-state index in [4.69, 9.17) is 11.6 Å². The molecule has 0 radical (unpaired) electrons. The quantitative estimate of drug-likeness (QED) is 0.568. The number of hydrogen-bond acceptors (Lipinski definition) is 6. The zero-order valence-corrected chi connectivity index (χ0v) is 20.2. The van der Waals surface area contributed by atoms with Gasteiger partial charge in [0.2, 0.25) is 5.91 Å². The number of fused-ring (bicyclic) bond motifs is 1. The Morgan fingerprint density at radius 2 is 1.94 bits per heavy atom. The lowest BCUT2D eigenvalue weighted by molar-refractivity contribution is -0.130. The first-order valence-electron chi connectivity index (χ1n) is 11.3. The molecule has 0 saturated carbocycles. The monoisotopic (exact) mass is 467 g/mol. The van der Waals surface area contributed by atoms with Crippen molar-refractivity contribution in [2.45, 2.75) is 52.2 Å². The summed E-state index contributed by atoms with van der Waals surface area (Å²) in [5, 5.41) is 15.2. The molecule has 1 amide bonds. The Morgan fingerprint density at radius 1 is 1.21 bits per heavy atom. The van der Waals surface area contributed by atoms with E-state index in [1.54, 1.807) is 39.4 Å². The summed E-state index contributed by atoms with van der Waals surface area (Å²) >= 11 is 6.59. The van der Waals surface area contributed by atoms with Crippen LogP contribution in [0.5, 0.6) is 0 Å². The van der Waals surface area contributed by atoms with Crippen molar-refractivity contribution >= 4 is 34.1 Å². The van der Waals surface area contributed by atoms with Crippen molar-refractivity contribution in [1.82, 2.24) is 19.9 Å². The van der Waals surface area contributed by atoms with Gasteiger partial charge in [-0.25, -0.2) is 9.97 Å². The molecule has 8 heteroatoms. The van der Waals surface area contributed by atoms with Crippen LogP contribution in [0.1, 0.15) is 46.4 Å². The fraction of sp³-hybridized carbons (Fsp3) is 0.440. The van der Waals surface area contributed by atoms with E-state index in [1.165, 1.54) is 0 Å². The first kappa shape index (κ1) is 23.4. The molecule has 1 aromatic carbocycles. The first-order chi connectivity index (χ1) is 15.6. The van der Waals surface area contributed by atoms with Crippen molar-refractivity contribution in [3.63, 3.8) is 0 Å². The van der Waals surface area contributed by atoms with Crippen LogP contribution < -0.4 is 5.32 Å². The number of likely N-dealkylation sites (tertiary alicyclic amines) is 1. The number of halogens is 1. The molecule has 1 fully saturated rings. The van der Waals surface area contributed by atoms with E-state index in [2.05, 4.69) is 27.2 Å². The van der Waals surface area contributed by atoms with Gasteiger partial charge in [0.1, 0.15) is 5.60 Å². The number of carbonyl (C=O) groups excluding carboxylic acids is 1. The second-order valence-corrected chi connectivity index (χ2v) is 9.77. The number of aromatic nitrogens is 3. The van der Waals surface area contributed by atoms with Gasteiger partial charge >= 0.3 is 0 Å². The summed E-state index contributed by atoms with van der Waals surface area (Å²) in [5.41, 5.74) is 2.35. The number of nitrogens with zero attached hydrogens (tertiary/aromatic N) is 4. The Balaban J connectivity index is 1.64. The van der Waals surface area contributed by atoms with Gasteiger partial charge in [-0.2, -0.15) is 0 Å². The Kier molecular flexibility index (Phi) is 6.54. The van der Waals surface area contributed by atoms with E-state index >= 15 is 0 Å². The smallest absolute Gasteiger partial charge is 0.219 e. The van der Waals surface area contributed by atoms with Gasteiger partial charge in [0.25, 0.3) is 0 Å². The predicted molar refractivity (Wildman–Crippen MR) is 131 cm³/mol. The Bertz CT molecular complexity index is 1160. The summed E-state index contributed by atoms with van der Waals surface area (Å²) in [6.45, 7) is 8.67. The lowest BCUT2D eigenvalue weighted by atomic mass is 9.91. The molecular weight excluding hydrogens is 438 g/mol. The number of aliphatic hydroxyl groups is 1. The van der Waals surface area contributed by atoms with Gasteiger partial charge < -0.3 is 15.3 Å². The molecule has 3 heterocycles. The number of nitrogens with one attached hydrogen (secondary N) is 1. The molecule has 0 bridgehead atoms. The van der Waals surface area contributed by atoms with Crippen LogP contribution in [0.2, 0.25) is 5.02 Å². The largest absolute Gasteiger partial charge is 0.382 e. The number of benzene rings is 1. The number of carbonyl (C=O) groups is 1. The van der Waals surface area contributed by atoms with Gasteiger partial charge in [-0.15, -0.1) is 0 Å². The summed E-state index contributed by atoms with van der Waals surface area (Å²) < 4.78 is 0. The highest BCUT2D eigenvalue weighted by Crippen LogP contribution is 2.34. The average Bonchev–Trinajstić information content (AvgIpc) is 2.80. The number of piperidine rings is 1. The molecule has 1 saturated heterocycles. The Morgan fingerprint density at radius 3 is 2.61 bits per heavy atom. The van der Waals surface area contributed by atoms with Gasteiger partial charge in [0.05, 0.1) is 16.2 Å². The Hall–Kier alpha value is -2.77. The topological polar surface area (TPSA) is 91.2 Å². The summed E-state index contributed by atoms with van der Waals surface area (Å²) in [6.07, 6.45) is 7.17. The van der Waals surface area contributed by atoms with Gasteiger partial charge in [0, 0.05) is 55.6 Å². The van der Waals surface area contributed by atoms with E-state index in [1.807, 2.05) is 23.1 Å². The van der Waals surface area contributed by atoms with Crippen LogP contribution in [-0.2, 0) is 10.4 Å². The second-order valence-electron chi connectivity index (χ2n) is 9.37. The standard InChI is InChI=1S/C25H30ClN5O2/c1-15(18-6-5-9-31(14-18)16(2)32)30-23-20-10-17(7-8-22(20)27-13-21(23)26)19-11-28-24(29-12-19)25(3,4)33/h7-8,10-13,15,18,33H,5-6,9,14H2,1-4H3,(H,27,30)/t15-,18-/m0/s1. The van der Waals surface area contributed by atoms with E-state index in [0.717, 1.165) is 53.6 Å². The van der Waals surface area contributed by atoms with Crippen LogP contribution in [0.25, 0.3) is 22.0 Å². The maximum absolute atomic E-state index is 11.9. The number of amides is 1. The molecular formula is C25H30ClN5O2. The highest BCUT2D eigenvalue weighted by atomic mass is 35.5. The van der Waals surface area contributed by atoms with Gasteiger partial charge in [-0.05, 0) is 57.2 Å². The maximum atomic E-state index is 11.9. The van der Waals surface area contributed by atoms with Crippen molar-refractivity contribution in [2.75, 3.05) is 18.4 Å². The molecule has 0 spiro atoms. The molecule has 0 aliphatic carbocycles. The molecule has 174 valence electrons. The van der Waals surface area contributed by atoms with Crippen molar-refractivity contribution in [3.05, 3.63) is 47.6 Å². The first-order valence-corrected chi connectivity index (χ1v) is 11.7. The lowest BCUT2D eigenvalue weighted by Crippen LogP contribution is -2.43. The predicted octanol–water partition coefficient (Wildman–Crippen LogP) is 4.63. The lowest BCUT2D eigenvalue weighted by Gasteiger charge is -2.36. The minimum absolute atomic E-state index is 0.127. The van der Waals surface area contributed by atoms with Crippen molar-refractivity contribution in [3.8, 4) is 11.1 Å². The van der Waals surface area contributed by atoms with Gasteiger partial charge in [-0.3, -0.25) is 9.78 Å². The van der Waals surface area contributed by atoms with Crippen LogP contribution in [0.15, 0.2) is 36.8 Å². The van der Waals surface area contributed by atoms with Crippen LogP contribution in [0, 0.1) is 5.92 Å². The van der Waals surface area contributed by atoms with E-state index in [9.17, 15) is 9.90 Å².